The second kappa shape index (κ2) is 9.79. The highest BCUT2D eigenvalue weighted by molar-refractivity contribution is 5.80. The molecule has 184 valence electrons. The summed E-state index contributed by atoms with van der Waals surface area (Å²) in [7, 11) is 0. The van der Waals surface area contributed by atoms with Crippen molar-refractivity contribution < 1.29 is 4.79 Å². The van der Waals surface area contributed by atoms with Gasteiger partial charge in [0.25, 0.3) is 0 Å². The molecule has 3 aromatic rings. The minimum atomic E-state index is -0.481. The van der Waals surface area contributed by atoms with Gasteiger partial charge in [-0.2, -0.15) is 0 Å². The lowest BCUT2D eigenvalue weighted by atomic mass is 9.86. The Morgan fingerprint density at radius 1 is 1.11 bits per heavy atom. The van der Waals surface area contributed by atoms with Crippen molar-refractivity contribution in [3.05, 3.63) is 71.4 Å². The summed E-state index contributed by atoms with van der Waals surface area (Å²) in [5, 5.41) is 6.62. The Kier molecular flexibility index (Phi) is 6.21. The summed E-state index contributed by atoms with van der Waals surface area (Å²) in [6, 6.07) is 8.79. The Hall–Kier alpha value is -3.62. The molecule has 0 radical (unpaired) electrons. The second-order valence-electron chi connectivity index (χ2n) is 9.88. The van der Waals surface area contributed by atoms with Crippen LogP contribution in [0.4, 0.5) is 11.5 Å². The topological polar surface area (TPSA) is 109 Å². The van der Waals surface area contributed by atoms with Gasteiger partial charge in [-0.05, 0) is 91.9 Å². The molecule has 1 aromatic carbocycles. The molecule has 3 aliphatic rings. The van der Waals surface area contributed by atoms with E-state index in [1.807, 2.05) is 12.1 Å². The first-order valence-corrected chi connectivity index (χ1v) is 12.8. The molecule has 1 atom stereocenters. The summed E-state index contributed by atoms with van der Waals surface area (Å²) in [5.41, 5.74) is 13.0. The highest BCUT2D eigenvalue weighted by Gasteiger charge is 2.32. The Balaban J connectivity index is 1.31. The van der Waals surface area contributed by atoms with E-state index in [4.69, 9.17) is 10.7 Å². The van der Waals surface area contributed by atoms with Gasteiger partial charge in [0.1, 0.15) is 24.5 Å². The molecule has 6 rings (SSSR count). The lowest BCUT2D eigenvalue weighted by molar-refractivity contribution is -0.109. The van der Waals surface area contributed by atoms with Gasteiger partial charge in [-0.3, -0.25) is 0 Å². The number of rotatable bonds is 7. The number of hydrogen-bond donors (Lipinski definition) is 3. The molecule has 1 aliphatic carbocycles. The fourth-order valence-electron chi connectivity index (χ4n) is 5.56. The average Bonchev–Trinajstić information content (AvgIpc) is 3.79. The van der Waals surface area contributed by atoms with Gasteiger partial charge >= 0.3 is 0 Å². The summed E-state index contributed by atoms with van der Waals surface area (Å²) < 4.78 is 0. The molecule has 2 aliphatic heterocycles. The number of nitrogens with one attached hydrogen (secondary N) is 2. The van der Waals surface area contributed by atoms with Crippen molar-refractivity contribution in [3.63, 3.8) is 0 Å². The van der Waals surface area contributed by atoms with Crippen molar-refractivity contribution >= 4 is 23.9 Å². The van der Waals surface area contributed by atoms with Crippen LogP contribution in [-0.4, -0.2) is 45.3 Å². The molecule has 8 heteroatoms. The van der Waals surface area contributed by atoms with Crippen molar-refractivity contribution in [2.24, 2.45) is 5.73 Å². The first-order chi connectivity index (χ1) is 17.7. The van der Waals surface area contributed by atoms with Crippen LogP contribution in [0.15, 0.2) is 49.2 Å². The van der Waals surface area contributed by atoms with Crippen LogP contribution in [0.2, 0.25) is 0 Å². The third-order valence-electron chi connectivity index (χ3n) is 7.59. The standard InChI is InChI=1S/C28H31N7O/c29-13-20-11-22(1-4-24(20)18-6-9-35(10-7-18)23-2-3-23)33-28-27-19(5-8-32-26(27)16-36)12-25(34-28)21-14-30-17-31-15-21/h1,4-5,8,11-12,14-18,23,26,32H,2-3,6-7,9-10,13,29H2,(H,33,34). The Morgan fingerprint density at radius 2 is 1.92 bits per heavy atom. The normalized spacial score (nSPS) is 20.0. The molecule has 2 aromatic heterocycles. The largest absolute Gasteiger partial charge is 0.378 e. The third-order valence-corrected chi connectivity index (χ3v) is 7.59. The van der Waals surface area contributed by atoms with Gasteiger partial charge in [0.2, 0.25) is 0 Å². The SMILES string of the molecule is NCc1cc(Nc2nc(-c3cncnc3)cc3c2C(C=O)NC=C3)ccc1C1CCN(C2CC2)CC1. The predicted molar refractivity (Wildman–Crippen MR) is 140 cm³/mol. The molecule has 8 nitrogen and oxygen atoms in total. The number of aromatic nitrogens is 3. The van der Waals surface area contributed by atoms with Crippen LogP contribution in [-0.2, 0) is 11.3 Å². The number of anilines is 2. The molecular weight excluding hydrogens is 450 g/mol. The van der Waals surface area contributed by atoms with Gasteiger partial charge in [-0.1, -0.05) is 6.07 Å². The Labute approximate surface area is 211 Å². The number of piperidine rings is 1. The van der Waals surface area contributed by atoms with Crippen molar-refractivity contribution in [2.45, 2.75) is 50.2 Å². The van der Waals surface area contributed by atoms with Gasteiger partial charge in [0.05, 0.1) is 5.69 Å². The number of aldehydes is 1. The number of likely N-dealkylation sites (tertiary alicyclic amines) is 1. The van der Waals surface area contributed by atoms with Crippen molar-refractivity contribution in [2.75, 3.05) is 18.4 Å². The summed E-state index contributed by atoms with van der Waals surface area (Å²) in [5.74, 6) is 1.18. The molecule has 1 saturated heterocycles. The molecule has 4 N–H and O–H groups in total. The van der Waals surface area contributed by atoms with E-state index in [1.165, 1.54) is 50.7 Å². The molecule has 36 heavy (non-hydrogen) atoms. The van der Waals surface area contributed by atoms with Crippen LogP contribution in [0.3, 0.4) is 0 Å². The number of nitrogens with two attached hydrogens (primary N) is 1. The van der Waals surface area contributed by atoms with Crippen LogP contribution < -0.4 is 16.4 Å². The van der Waals surface area contributed by atoms with Crippen LogP contribution >= 0.6 is 0 Å². The van der Waals surface area contributed by atoms with E-state index in [1.54, 1.807) is 18.6 Å². The number of hydrogen-bond acceptors (Lipinski definition) is 8. The highest BCUT2D eigenvalue weighted by atomic mass is 16.1. The molecule has 0 spiro atoms. The number of carbonyl (C=O) groups excluding carboxylic acids is 1. The maximum absolute atomic E-state index is 11.9. The maximum Gasteiger partial charge on any atom is 0.146 e. The van der Waals surface area contributed by atoms with E-state index in [0.29, 0.717) is 18.3 Å². The van der Waals surface area contributed by atoms with Crippen LogP contribution in [0.25, 0.3) is 17.3 Å². The van der Waals surface area contributed by atoms with E-state index >= 15 is 0 Å². The third kappa shape index (κ3) is 4.50. The number of benzene rings is 1. The van der Waals surface area contributed by atoms with Crippen molar-refractivity contribution in [3.8, 4) is 11.3 Å². The minimum Gasteiger partial charge on any atom is -0.378 e. The fraction of sp³-hybridized carbons (Fsp3) is 0.357. The molecular formula is C28H31N7O. The van der Waals surface area contributed by atoms with Gasteiger partial charge in [-0.15, -0.1) is 0 Å². The fourth-order valence-corrected chi connectivity index (χ4v) is 5.56. The summed E-state index contributed by atoms with van der Waals surface area (Å²) in [6.07, 6.45) is 14.7. The monoisotopic (exact) mass is 481 g/mol. The number of fused-ring (bicyclic) bond motifs is 1. The number of carbonyl (C=O) groups is 1. The molecule has 0 bridgehead atoms. The second-order valence-corrected chi connectivity index (χ2v) is 9.88. The zero-order chi connectivity index (χ0) is 24.5. The molecule has 1 unspecified atom stereocenters. The summed E-state index contributed by atoms with van der Waals surface area (Å²) in [6.45, 7) is 2.85. The lowest BCUT2D eigenvalue weighted by Gasteiger charge is -2.33. The summed E-state index contributed by atoms with van der Waals surface area (Å²) >= 11 is 0. The maximum atomic E-state index is 11.9. The summed E-state index contributed by atoms with van der Waals surface area (Å²) in [4.78, 5) is 27.7. The smallest absolute Gasteiger partial charge is 0.146 e. The van der Waals surface area contributed by atoms with Crippen molar-refractivity contribution in [1.82, 2.24) is 25.2 Å². The van der Waals surface area contributed by atoms with E-state index in [2.05, 4.69) is 43.7 Å². The van der Waals surface area contributed by atoms with E-state index in [9.17, 15) is 4.79 Å². The van der Waals surface area contributed by atoms with Crippen LogP contribution in [0.1, 0.15) is 59.9 Å². The quantitative estimate of drug-likeness (QED) is 0.436. The zero-order valence-corrected chi connectivity index (χ0v) is 20.2. The van der Waals surface area contributed by atoms with Crippen molar-refractivity contribution in [1.29, 1.82) is 0 Å². The van der Waals surface area contributed by atoms with Gasteiger partial charge in [0, 0.05) is 41.8 Å². The van der Waals surface area contributed by atoms with Crippen LogP contribution in [0.5, 0.6) is 0 Å². The first kappa shape index (κ1) is 22.8. The van der Waals surface area contributed by atoms with Gasteiger partial charge in [0.15, 0.2) is 0 Å². The Morgan fingerprint density at radius 3 is 2.64 bits per heavy atom. The predicted octanol–water partition coefficient (Wildman–Crippen LogP) is 3.90. The lowest BCUT2D eigenvalue weighted by Crippen LogP contribution is -2.34. The van der Waals surface area contributed by atoms with E-state index in [-0.39, 0.29) is 0 Å². The van der Waals surface area contributed by atoms with Gasteiger partial charge < -0.3 is 26.1 Å². The Bertz CT molecular complexity index is 1280. The van der Waals surface area contributed by atoms with E-state index < -0.39 is 6.04 Å². The first-order valence-electron chi connectivity index (χ1n) is 12.8. The zero-order valence-electron chi connectivity index (χ0n) is 20.2. The van der Waals surface area contributed by atoms with Gasteiger partial charge in [-0.25, -0.2) is 15.0 Å². The molecule has 1 saturated carbocycles. The molecule has 4 heterocycles. The molecule has 2 fully saturated rings. The van der Waals surface area contributed by atoms with Crippen LogP contribution in [0, 0.1) is 0 Å². The number of pyridine rings is 1. The number of nitrogens with zero attached hydrogens (tertiary/aromatic N) is 4. The highest BCUT2D eigenvalue weighted by Crippen LogP contribution is 2.38. The minimum absolute atomic E-state index is 0.481. The average molecular weight is 482 g/mol. The van der Waals surface area contributed by atoms with E-state index in [0.717, 1.165) is 46.0 Å². The molecule has 0 amide bonds.